The van der Waals surface area contributed by atoms with Gasteiger partial charge in [-0.2, -0.15) is 0 Å². The molecule has 1 aromatic heterocycles. The largest absolute Gasteiger partial charge is 0.491 e. The number of guanidine groups is 1. The van der Waals surface area contributed by atoms with Gasteiger partial charge >= 0.3 is 0 Å². The molecule has 0 spiro atoms. The van der Waals surface area contributed by atoms with Crippen LogP contribution in [0.25, 0.3) is 0 Å². The number of aliphatic imine (C=N–C) groups is 1. The lowest BCUT2D eigenvalue weighted by atomic mass is 10.3. The summed E-state index contributed by atoms with van der Waals surface area (Å²) in [4.78, 5) is 4.27. The van der Waals surface area contributed by atoms with Gasteiger partial charge in [-0.15, -0.1) is 34.2 Å². The molecule has 7 nitrogen and oxygen atoms in total. The maximum atomic E-state index is 5.88. The predicted molar refractivity (Wildman–Crippen MR) is 102 cm³/mol. The number of nitrogens with one attached hydrogen (secondary N) is 1. The Bertz CT molecular complexity index is 623. The molecule has 3 N–H and O–H groups in total. The lowest BCUT2D eigenvalue weighted by molar-refractivity contribution is 0.242. The van der Waals surface area contributed by atoms with Gasteiger partial charge in [0.25, 0.3) is 0 Å². The number of benzene rings is 1. The fraction of sp³-hybridized carbons (Fsp3) is 0.400. The van der Waals surface area contributed by atoms with Crippen LogP contribution in [-0.2, 0) is 13.1 Å². The molecule has 0 amide bonds. The summed E-state index contributed by atoms with van der Waals surface area (Å²) in [5, 5.41) is 10.9. The van der Waals surface area contributed by atoms with Gasteiger partial charge in [0, 0.05) is 12.2 Å². The molecule has 0 radical (unpaired) electrons. The molecule has 2 aromatic rings. The van der Waals surface area contributed by atoms with Gasteiger partial charge in [0.05, 0.1) is 6.10 Å². The van der Waals surface area contributed by atoms with E-state index >= 15 is 0 Å². The Morgan fingerprint density at radius 2 is 2.04 bits per heavy atom. The van der Waals surface area contributed by atoms with E-state index in [0.29, 0.717) is 12.5 Å². The number of halogens is 1. The molecule has 0 saturated heterocycles. The molecule has 0 aliphatic rings. The van der Waals surface area contributed by atoms with Crippen LogP contribution in [0.15, 0.2) is 35.6 Å². The van der Waals surface area contributed by atoms with E-state index in [2.05, 4.69) is 20.5 Å². The fourth-order valence-electron chi connectivity index (χ4n) is 1.90. The van der Waals surface area contributed by atoms with Crippen LogP contribution < -0.4 is 15.8 Å². The first-order valence-corrected chi connectivity index (χ1v) is 7.28. The molecule has 23 heavy (non-hydrogen) atoms. The fourth-order valence-corrected chi connectivity index (χ4v) is 1.90. The molecular formula is C15H23IN6O. The number of aryl methyl sites for hydroxylation is 1. The number of aromatic nitrogens is 3. The molecule has 8 heteroatoms. The van der Waals surface area contributed by atoms with Gasteiger partial charge in [-0.25, -0.2) is 4.99 Å². The number of ether oxygens (including phenoxy) is 1. The first-order valence-electron chi connectivity index (χ1n) is 7.28. The van der Waals surface area contributed by atoms with Gasteiger partial charge in [-0.3, -0.25) is 0 Å². The zero-order valence-electron chi connectivity index (χ0n) is 13.6. The first-order chi connectivity index (χ1) is 10.6. The lowest BCUT2D eigenvalue weighted by Gasteiger charge is -2.11. The molecule has 0 saturated carbocycles. The normalized spacial score (nSPS) is 11.2. The lowest BCUT2D eigenvalue weighted by Crippen LogP contribution is -2.22. The second-order valence-corrected chi connectivity index (χ2v) is 5.05. The Morgan fingerprint density at radius 1 is 1.35 bits per heavy atom. The van der Waals surface area contributed by atoms with Crippen LogP contribution in [0.1, 0.15) is 26.6 Å². The van der Waals surface area contributed by atoms with Crippen molar-refractivity contribution in [3.05, 3.63) is 36.4 Å². The number of nitrogens with zero attached hydrogens (tertiary/aromatic N) is 4. The maximum Gasteiger partial charge on any atom is 0.193 e. The van der Waals surface area contributed by atoms with E-state index in [9.17, 15) is 0 Å². The molecule has 0 atom stereocenters. The van der Waals surface area contributed by atoms with E-state index in [1.54, 1.807) is 6.33 Å². The summed E-state index contributed by atoms with van der Waals surface area (Å²) in [7, 11) is 0. The maximum absolute atomic E-state index is 5.88. The Kier molecular flexibility index (Phi) is 7.79. The average molecular weight is 430 g/mol. The van der Waals surface area contributed by atoms with Crippen LogP contribution in [0.3, 0.4) is 0 Å². The van der Waals surface area contributed by atoms with E-state index in [4.69, 9.17) is 10.5 Å². The van der Waals surface area contributed by atoms with Crippen LogP contribution >= 0.6 is 24.0 Å². The predicted octanol–water partition coefficient (Wildman–Crippen LogP) is 2.63. The molecule has 2 rings (SSSR count). The molecule has 0 aliphatic heterocycles. The highest BCUT2D eigenvalue weighted by atomic mass is 127. The van der Waals surface area contributed by atoms with Crippen LogP contribution in [-0.4, -0.2) is 26.8 Å². The van der Waals surface area contributed by atoms with Crippen molar-refractivity contribution >= 4 is 35.6 Å². The zero-order chi connectivity index (χ0) is 15.9. The van der Waals surface area contributed by atoms with Gasteiger partial charge < -0.3 is 20.4 Å². The molecule has 1 heterocycles. The van der Waals surface area contributed by atoms with Crippen LogP contribution in [0.2, 0.25) is 0 Å². The third-order valence-electron chi connectivity index (χ3n) is 2.93. The summed E-state index contributed by atoms with van der Waals surface area (Å²) in [6, 6.07) is 7.58. The molecule has 0 aliphatic carbocycles. The first kappa shape index (κ1) is 19.2. The quantitative estimate of drug-likeness (QED) is 0.418. The van der Waals surface area contributed by atoms with Gasteiger partial charge in [0.2, 0.25) is 0 Å². The smallest absolute Gasteiger partial charge is 0.193 e. The van der Waals surface area contributed by atoms with E-state index < -0.39 is 0 Å². The standard InChI is InChI=1S/C15H22N6O.HI/c1-4-21-10-18-20-14(21)9-17-15(16)19-12-5-7-13(8-6-12)22-11(2)3;/h5-8,10-11H,4,9H2,1-3H3,(H3,16,17,19);1H. The van der Waals surface area contributed by atoms with E-state index in [1.165, 1.54) is 0 Å². The highest BCUT2D eigenvalue weighted by Gasteiger charge is 2.02. The molecule has 0 bridgehead atoms. The van der Waals surface area contributed by atoms with E-state index in [0.717, 1.165) is 23.8 Å². The van der Waals surface area contributed by atoms with Crippen LogP contribution in [0, 0.1) is 0 Å². The Morgan fingerprint density at radius 3 is 2.65 bits per heavy atom. The summed E-state index contributed by atoms with van der Waals surface area (Å²) in [5.74, 6) is 1.95. The van der Waals surface area contributed by atoms with E-state index in [-0.39, 0.29) is 30.1 Å². The molecule has 1 aromatic carbocycles. The Balaban J connectivity index is 0.00000264. The van der Waals surface area contributed by atoms with Crippen molar-refractivity contribution in [1.82, 2.24) is 14.8 Å². The molecule has 126 valence electrons. The zero-order valence-corrected chi connectivity index (χ0v) is 15.9. The average Bonchev–Trinajstić information content (AvgIpc) is 2.94. The number of rotatable bonds is 6. The summed E-state index contributed by atoms with van der Waals surface area (Å²) in [5.41, 5.74) is 6.74. The second kappa shape index (κ2) is 9.33. The van der Waals surface area contributed by atoms with Crippen molar-refractivity contribution in [2.45, 2.75) is 40.0 Å². The topological polar surface area (TPSA) is 90.4 Å². The molecule has 0 unspecified atom stereocenters. The minimum atomic E-state index is 0. The van der Waals surface area contributed by atoms with Gasteiger partial charge in [-0.05, 0) is 45.0 Å². The minimum Gasteiger partial charge on any atom is -0.491 e. The summed E-state index contributed by atoms with van der Waals surface area (Å²) in [6.07, 6.45) is 1.84. The number of hydrogen-bond donors (Lipinski definition) is 2. The summed E-state index contributed by atoms with van der Waals surface area (Å²) >= 11 is 0. The van der Waals surface area contributed by atoms with Crippen molar-refractivity contribution in [2.24, 2.45) is 10.7 Å². The molecular weight excluding hydrogens is 407 g/mol. The highest BCUT2D eigenvalue weighted by Crippen LogP contribution is 2.16. The van der Waals surface area contributed by atoms with Gasteiger partial charge in [-0.1, -0.05) is 0 Å². The van der Waals surface area contributed by atoms with Gasteiger partial charge in [0.15, 0.2) is 11.8 Å². The highest BCUT2D eigenvalue weighted by molar-refractivity contribution is 14.0. The summed E-state index contributed by atoms with van der Waals surface area (Å²) < 4.78 is 7.51. The minimum absolute atomic E-state index is 0. The van der Waals surface area contributed by atoms with Crippen molar-refractivity contribution < 1.29 is 4.74 Å². The van der Waals surface area contributed by atoms with Gasteiger partial charge in [0.1, 0.15) is 18.6 Å². The Hall–Kier alpha value is -1.84. The second-order valence-electron chi connectivity index (χ2n) is 5.05. The third-order valence-corrected chi connectivity index (χ3v) is 2.93. The van der Waals surface area contributed by atoms with Crippen molar-refractivity contribution in [1.29, 1.82) is 0 Å². The number of nitrogens with two attached hydrogens (primary N) is 1. The van der Waals surface area contributed by atoms with E-state index in [1.807, 2.05) is 49.6 Å². The Labute approximate surface area is 153 Å². The monoisotopic (exact) mass is 430 g/mol. The SMILES string of the molecule is CCn1cnnc1CN=C(N)Nc1ccc(OC(C)C)cc1.I. The molecule has 0 fully saturated rings. The van der Waals surface area contributed by atoms with Crippen molar-refractivity contribution in [3.8, 4) is 5.75 Å². The van der Waals surface area contributed by atoms with Crippen LogP contribution in [0.5, 0.6) is 5.75 Å². The number of anilines is 1. The van der Waals surface area contributed by atoms with Crippen molar-refractivity contribution in [2.75, 3.05) is 5.32 Å². The third kappa shape index (κ3) is 6.05. The van der Waals surface area contributed by atoms with Crippen molar-refractivity contribution in [3.63, 3.8) is 0 Å². The van der Waals surface area contributed by atoms with Crippen LogP contribution in [0.4, 0.5) is 5.69 Å². The number of hydrogen-bond acceptors (Lipinski definition) is 4. The summed E-state index contributed by atoms with van der Waals surface area (Å²) in [6.45, 7) is 7.21.